The number of hydrogen-bond acceptors (Lipinski definition) is 4. The molecule has 0 saturated carbocycles. The minimum absolute atomic E-state index is 0.580. The highest BCUT2D eigenvalue weighted by molar-refractivity contribution is 7.18. The first-order valence-electron chi connectivity index (χ1n) is 7.44. The molecule has 1 atom stereocenters. The molecular weight excluding hydrogens is 280 g/mol. The van der Waals surface area contributed by atoms with Gasteiger partial charge in [0.05, 0.1) is 23.3 Å². The van der Waals surface area contributed by atoms with Gasteiger partial charge in [-0.25, -0.2) is 4.98 Å². The molecule has 0 radical (unpaired) electrons. The van der Waals surface area contributed by atoms with Gasteiger partial charge >= 0.3 is 0 Å². The van der Waals surface area contributed by atoms with Crippen LogP contribution in [0.5, 0.6) is 0 Å². The summed E-state index contributed by atoms with van der Waals surface area (Å²) in [4.78, 5) is 7.32. The average molecular weight is 298 g/mol. The van der Waals surface area contributed by atoms with Crippen molar-refractivity contribution in [3.63, 3.8) is 0 Å². The van der Waals surface area contributed by atoms with Crippen molar-refractivity contribution in [1.82, 2.24) is 19.7 Å². The summed E-state index contributed by atoms with van der Waals surface area (Å²) in [5.74, 6) is 0. The predicted octanol–water partition coefficient (Wildman–Crippen LogP) is 3.16. The van der Waals surface area contributed by atoms with E-state index >= 15 is 0 Å². The Hall–Kier alpha value is -1.72. The van der Waals surface area contributed by atoms with Gasteiger partial charge in [0, 0.05) is 18.4 Å². The molecule has 1 saturated heterocycles. The van der Waals surface area contributed by atoms with Gasteiger partial charge in [-0.05, 0) is 37.6 Å². The molecule has 1 fully saturated rings. The fourth-order valence-electron chi connectivity index (χ4n) is 3.10. The molecule has 0 unspecified atom stereocenters. The highest BCUT2D eigenvalue weighted by Crippen LogP contribution is 2.26. The van der Waals surface area contributed by atoms with Crippen molar-refractivity contribution < 1.29 is 0 Å². The van der Waals surface area contributed by atoms with Crippen LogP contribution in [-0.2, 0) is 13.1 Å². The first kappa shape index (κ1) is 13.0. The van der Waals surface area contributed by atoms with E-state index in [4.69, 9.17) is 4.98 Å². The molecule has 0 spiro atoms. The van der Waals surface area contributed by atoms with Crippen LogP contribution in [0, 0.1) is 0 Å². The number of hydrogen-bond donors (Lipinski definition) is 0. The molecule has 0 N–H and O–H groups in total. The number of fused-ring (bicyclic) bond motifs is 1. The lowest BCUT2D eigenvalue weighted by Crippen LogP contribution is -2.32. The third-order valence-electron chi connectivity index (χ3n) is 4.13. The van der Waals surface area contributed by atoms with Crippen LogP contribution in [0.4, 0.5) is 0 Å². The summed E-state index contributed by atoms with van der Waals surface area (Å²) < 4.78 is 3.33. The molecule has 0 aliphatic carbocycles. The topological polar surface area (TPSA) is 34.0 Å². The van der Waals surface area contributed by atoms with Crippen molar-refractivity contribution in [2.24, 2.45) is 0 Å². The quantitative estimate of drug-likeness (QED) is 0.742. The first-order chi connectivity index (χ1) is 10.4. The van der Waals surface area contributed by atoms with Crippen molar-refractivity contribution in [2.45, 2.75) is 32.0 Å². The van der Waals surface area contributed by atoms with Gasteiger partial charge in [0.25, 0.3) is 0 Å². The molecular formula is C16H18N4S. The highest BCUT2D eigenvalue weighted by atomic mass is 32.1. The fourth-order valence-corrected chi connectivity index (χ4v) is 4.09. The van der Waals surface area contributed by atoms with E-state index in [-0.39, 0.29) is 0 Å². The molecule has 21 heavy (non-hydrogen) atoms. The Kier molecular flexibility index (Phi) is 3.45. The van der Waals surface area contributed by atoms with Gasteiger partial charge in [0.1, 0.15) is 5.01 Å². The van der Waals surface area contributed by atoms with Gasteiger partial charge in [0.15, 0.2) is 0 Å². The van der Waals surface area contributed by atoms with E-state index in [1.165, 1.54) is 29.1 Å². The second-order valence-electron chi connectivity index (χ2n) is 5.57. The second kappa shape index (κ2) is 5.58. The minimum atomic E-state index is 0.580. The zero-order chi connectivity index (χ0) is 14.1. The normalized spacial score (nSPS) is 19.5. The van der Waals surface area contributed by atoms with Crippen LogP contribution in [0.1, 0.15) is 17.8 Å². The molecule has 3 heterocycles. The number of rotatable bonds is 4. The van der Waals surface area contributed by atoms with Gasteiger partial charge in [-0.1, -0.05) is 12.1 Å². The monoisotopic (exact) mass is 298 g/mol. The Morgan fingerprint density at radius 3 is 3.05 bits per heavy atom. The second-order valence-corrected chi connectivity index (χ2v) is 6.69. The van der Waals surface area contributed by atoms with Crippen molar-refractivity contribution in [1.29, 1.82) is 0 Å². The van der Waals surface area contributed by atoms with Crippen molar-refractivity contribution >= 4 is 21.6 Å². The van der Waals surface area contributed by atoms with Gasteiger partial charge < -0.3 is 0 Å². The number of aromatic nitrogens is 3. The Morgan fingerprint density at radius 2 is 2.19 bits per heavy atom. The summed E-state index contributed by atoms with van der Waals surface area (Å²) in [5, 5.41) is 5.56. The Morgan fingerprint density at radius 1 is 1.24 bits per heavy atom. The smallest absolute Gasteiger partial charge is 0.108 e. The lowest BCUT2D eigenvalue weighted by atomic mass is 10.2. The molecule has 2 aromatic heterocycles. The lowest BCUT2D eigenvalue weighted by Gasteiger charge is -2.23. The summed E-state index contributed by atoms with van der Waals surface area (Å²) in [5.41, 5.74) is 1.13. The maximum absolute atomic E-state index is 4.76. The van der Waals surface area contributed by atoms with Gasteiger partial charge in [-0.15, -0.1) is 11.3 Å². The van der Waals surface area contributed by atoms with E-state index in [2.05, 4.69) is 34.3 Å². The van der Waals surface area contributed by atoms with Crippen molar-refractivity contribution in [2.75, 3.05) is 6.54 Å². The molecule has 0 amide bonds. The standard InChI is InChI=1S/C16H18N4S/c1-2-7-15-14(6-1)18-16(21-15)12-19-9-3-5-13(19)11-20-10-4-8-17-20/h1-2,4,6-8,10,13H,3,5,9,11-12H2/t13-/m1/s1. The summed E-state index contributed by atoms with van der Waals surface area (Å²) in [7, 11) is 0. The van der Waals surface area contributed by atoms with Crippen LogP contribution < -0.4 is 0 Å². The first-order valence-corrected chi connectivity index (χ1v) is 8.26. The number of benzene rings is 1. The van der Waals surface area contributed by atoms with Gasteiger partial charge in [-0.3, -0.25) is 9.58 Å². The van der Waals surface area contributed by atoms with E-state index in [9.17, 15) is 0 Å². The third-order valence-corrected chi connectivity index (χ3v) is 5.15. The number of thiazole rings is 1. The van der Waals surface area contributed by atoms with Gasteiger partial charge in [0.2, 0.25) is 0 Å². The van der Waals surface area contributed by atoms with Gasteiger partial charge in [-0.2, -0.15) is 5.10 Å². The lowest BCUT2D eigenvalue weighted by molar-refractivity contribution is 0.219. The average Bonchev–Trinajstić information content (AvgIpc) is 3.21. The molecule has 108 valence electrons. The maximum atomic E-state index is 4.76. The van der Waals surface area contributed by atoms with E-state index in [0.29, 0.717) is 6.04 Å². The summed E-state index contributed by atoms with van der Waals surface area (Å²) in [6.45, 7) is 3.12. The van der Waals surface area contributed by atoms with Crippen LogP contribution in [0.3, 0.4) is 0 Å². The van der Waals surface area contributed by atoms with Crippen LogP contribution in [0.2, 0.25) is 0 Å². The zero-order valence-corrected chi connectivity index (χ0v) is 12.7. The molecule has 0 bridgehead atoms. The SMILES string of the molecule is c1ccc2sc(CN3CCC[C@@H]3Cn3cccn3)nc2c1. The molecule has 3 aromatic rings. The van der Waals surface area contributed by atoms with E-state index in [1.54, 1.807) is 0 Å². The Balaban J connectivity index is 1.49. The predicted molar refractivity (Wildman–Crippen MR) is 85.3 cm³/mol. The largest absolute Gasteiger partial charge is 0.292 e. The zero-order valence-electron chi connectivity index (χ0n) is 11.9. The molecule has 1 aromatic carbocycles. The fraction of sp³-hybridized carbons (Fsp3) is 0.375. The molecule has 5 heteroatoms. The van der Waals surface area contributed by atoms with E-state index < -0.39 is 0 Å². The molecule has 1 aliphatic rings. The van der Waals surface area contributed by atoms with Crippen molar-refractivity contribution in [3.05, 3.63) is 47.7 Å². The highest BCUT2D eigenvalue weighted by Gasteiger charge is 2.25. The van der Waals surface area contributed by atoms with E-state index in [1.807, 2.05) is 34.5 Å². The third kappa shape index (κ3) is 2.71. The van der Waals surface area contributed by atoms with Crippen LogP contribution in [0.15, 0.2) is 42.7 Å². The number of para-hydroxylation sites is 1. The summed E-state index contributed by atoms with van der Waals surface area (Å²) >= 11 is 1.82. The van der Waals surface area contributed by atoms with Crippen molar-refractivity contribution in [3.8, 4) is 0 Å². The molecule has 1 aliphatic heterocycles. The van der Waals surface area contributed by atoms with Crippen LogP contribution >= 0.6 is 11.3 Å². The summed E-state index contributed by atoms with van der Waals surface area (Å²) in [6.07, 6.45) is 6.43. The molecule has 4 rings (SSSR count). The minimum Gasteiger partial charge on any atom is -0.292 e. The Labute approximate surface area is 128 Å². The van der Waals surface area contributed by atoms with Crippen LogP contribution in [-0.4, -0.2) is 32.3 Å². The van der Waals surface area contributed by atoms with Crippen LogP contribution in [0.25, 0.3) is 10.2 Å². The number of nitrogens with zero attached hydrogens (tertiary/aromatic N) is 4. The maximum Gasteiger partial charge on any atom is 0.108 e. The Bertz CT molecular complexity index is 686. The molecule has 4 nitrogen and oxygen atoms in total. The number of likely N-dealkylation sites (tertiary alicyclic amines) is 1. The van der Waals surface area contributed by atoms with E-state index in [0.717, 1.165) is 18.6 Å². The summed E-state index contributed by atoms with van der Waals surface area (Å²) in [6, 6.07) is 11.0.